The number of primary amides is 1. The molecule has 1 heterocycles. The number of fused-ring (bicyclic) bond motifs is 1. The van der Waals surface area contributed by atoms with Gasteiger partial charge in [-0.15, -0.1) is 11.3 Å². The topological polar surface area (TPSA) is 111 Å². The summed E-state index contributed by atoms with van der Waals surface area (Å²) >= 11 is 13.1. The van der Waals surface area contributed by atoms with Crippen molar-refractivity contribution in [1.82, 2.24) is 5.32 Å². The molecule has 1 aromatic carbocycles. The summed E-state index contributed by atoms with van der Waals surface area (Å²) in [6, 6.07) is 3.71. The van der Waals surface area contributed by atoms with Gasteiger partial charge in [0.2, 0.25) is 0 Å². The van der Waals surface area contributed by atoms with Crippen molar-refractivity contribution in [3.8, 4) is 5.75 Å². The zero-order valence-electron chi connectivity index (χ0n) is 13.9. The van der Waals surface area contributed by atoms with Crippen LogP contribution >= 0.6 is 34.5 Å². The van der Waals surface area contributed by atoms with E-state index in [4.69, 9.17) is 33.7 Å². The number of rotatable bonds is 5. The Morgan fingerprint density at radius 3 is 2.70 bits per heavy atom. The molecule has 2 aromatic rings. The maximum atomic E-state index is 12.3. The number of carbonyl (C=O) groups is 3. The zero-order valence-corrected chi connectivity index (χ0v) is 16.3. The standard InChI is InChI=1S/C17H15Cl2N3O4S/c18-8-4-5-11(10(19)6-8)26-7-13(23)21-16-14(15(24)22-17(20)25)9-2-1-3-12(9)27-16/h4-6H,1-3,7H2,(H,21,23)(H3,20,22,24,25). The van der Waals surface area contributed by atoms with Crippen molar-refractivity contribution in [2.75, 3.05) is 11.9 Å². The molecule has 0 spiro atoms. The number of thiophene rings is 1. The van der Waals surface area contributed by atoms with E-state index in [2.05, 4.69) is 10.6 Å². The van der Waals surface area contributed by atoms with Gasteiger partial charge in [0.15, 0.2) is 6.61 Å². The normalized spacial score (nSPS) is 12.4. The van der Waals surface area contributed by atoms with Gasteiger partial charge in [0, 0.05) is 9.90 Å². The van der Waals surface area contributed by atoms with E-state index in [1.165, 1.54) is 17.4 Å². The third kappa shape index (κ3) is 4.52. The minimum Gasteiger partial charge on any atom is -0.482 e. The smallest absolute Gasteiger partial charge is 0.319 e. The molecule has 4 amide bonds. The molecular formula is C17H15Cl2N3O4S. The van der Waals surface area contributed by atoms with E-state index >= 15 is 0 Å². The van der Waals surface area contributed by atoms with Crippen molar-refractivity contribution in [1.29, 1.82) is 0 Å². The third-order valence-electron chi connectivity index (χ3n) is 3.89. The fraction of sp³-hybridized carbons (Fsp3) is 0.235. The molecule has 0 unspecified atom stereocenters. The Bertz CT molecular complexity index is 929. The molecule has 27 heavy (non-hydrogen) atoms. The number of nitrogens with one attached hydrogen (secondary N) is 2. The summed E-state index contributed by atoms with van der Waals surface area (Å²) in [7, 11) is 0. The Morgan fingerprint density at radius 2 is 2.00 bits per heavy atom. The molecule has 0 fully saturated rings. The molecule has 4 N–H and O–H groups in total. The van der Waals surface area contributed by atoms with Gasteiger partial charge in [0.1, 0.15) is 10.8 Å². The molecule has 0 atom stereocenters. The maximum absolute atomic E-state index is 12.3. The number of benzene rings is 1. The van der Waals surface area contributed by atoms with Gasteiger partial charge < -0.3 is 15.8 Å². The number of urea groups is 1. The lowest BCUT2D eigenvalue weighted by Gasteiger charge is -2.10. The van der Waals surface area contributed by atoms with Crippen LogP contribution in [0.3, 0.4) is 0 Å². The second-order valence-corrected chi connectivity index (χ2v) is 7.74. The van der Waals surface area contributed by atoms with Crippen LogP contribution in [0.2, 0.25) is 10.0 Å². The number of amides is 4. The van der Waals surface area contributed by atoms with Crippen LogP contribution in [-0.4, -0.2) is 24.5 Å². The SMILES string of the molecule is NC(=O)NC(=O)c1c(NC(=O)COc2ccc(Cl)cc2Cl)sc2c1CCC2. The fourth-order valence-electron chi connectivity index (χ4n) is 2.81. The molecule has 0 saturated heterocycles. The maximum Gasteiger partial charge on any atom is 0.319 e. The van der Waals surface area contributed by atoms with Crippen LogP contribution in [0.1, 0.15) is 27.2 Å². The van der Waals surface area contributed by atoms with E-state index in [1.54, 1.807) is 12.1 Å². The number of carbonyl (C=O) groups excluding carboxylic acids is 3. The Morgan fingerprint density at radius 1 is 1.22 bits per heavy atom. The molecule has 1 aliphatic carbocycles. The highest BCUT2D eigenvalue weighted by Gasteiger charge is 2.28. The molecule has 7 nitrogen and oxygen atoms in total. The van der Waals surface area contributed by atoms with E-state index in [-0.39, 0.29) is 17.2 Å². The number of hydrogen-bond acceptors (Lipinski definition) is 5. The van der Waals surface area contributed by atoms with Crippen LogP contribution in [0, 0.1) is 0 Å². The first-order chi connectivity index (χ1) is 12.8. The Labute approximate surface area is 168 Å². The Kier molecular flexibility index (Phi) is 5.88. The summed E-state index contributed by atoms with van der Waals surface area (Å²) < 4.78 is 5.40. The highest BCUT2D eigenvalue weighted by molar-refractivity contribution is 7.17. The first-order valence-corrected chi connectivity index (χ1v) is 9.55. The summed E-state index contributed by atoms with van der Waals surface area (Å²) in [5.74, 6) is -0.774. The van der Waals surface area contributed by atoms with E-state index in [1.807, 2.05) is 0 Å². The van der Waals surface area contributed by atoms with E-state index in [0.29, 0.717) is 22.2 Å². The third-order valence-corrected chi connectivity index (χ3v) is 5.63. The number of ether oxygens (including phenoxy) is 1. The van der Waals surface area contributed by atoms with Crippen molar-refractivity contribution in [2.45, 2.75) is 19.3 Å². The second kappa shape index (κ2) is 8.16. The highest BCUT2D eigenvalue weighted by atomic mass is 35.5. The molecule has 0 bridgehead atoms. The number of hydrogen-bond donors (Lipinski definition) is 3. The minimum atomic E-state index is -0.948. The van der Waals surface area contributed by atoms with Crippen LogP contribution in [-0.2, 0) is 17.6 Å². The van der Waals surface area contributed by atoms with Crippen molar-refractivity contribution in [3.63, 3.8) is 0 Å². The number of anilines is 1. The van der Waals surface area contributed by atoms with Crippen molar-refractivity contribution < 1.29 is 19.1 Å². The zero-order chi connectivity index (χ0) is 19.6. The van der Waals surface area contributed by atoms with Crippen molar-refractivity contribution in [3.05, 3.63) is 44.2 Å². The quantitative estimate of drug-likeness (QED) is 0.678. The van der Waals surface area contributed by atoms with Gasteiger partial charge in [-0.2, -0.15) is 0 Å². The van der Waals surface area contributed by atoms with Gasteiger partial charge in [-0.05, 0) is 43.0 Å². The van der Waals surface area contributed by atoms with Crippen LogP contribution in [0.25, 0.3) is 0 Å². The molecule has 0 saturated carbocycles. The summed E-state index contributed by atoms with van der Waals surface area (Å²) in [5.41, 5.74) is 6.16. The Hall–Kier alpha value is -2.29. The predicted molar refractivity (Wildman–Crippen MR) is 104 cm³/mol. The predicted octanol–water partition coefficient (Wildman–Crippen LogP) is 3.37. The number of aryl methyl sites for hydroxylation is 1. The lowest BCUT2D eigenvalue weighted by atomic mass is 10.1. The largest absolute Gasteiger partial charge is 0.482 e. The molecule has 0 radical (unpaired) electrons. The lowest BCUT2D eigenvalue weighted by Crippen LogP contribution is -2.35. The van der Waals surface area contributed by atoms with Crippen LogP contribution in [0.15, 0.2) is 18.2 Å². The van der Waals surface area contributed by atoms with E-state index < -0.39 is 17.8 Å². The van der Waals surface area contributed by atoms with E-state index in [0.717, 1.165) is 23.3 Å². The molecule has 142 valence electrons. The Balaban J connectivity index is 1.72. The lowest BCUT2D eigenvalue weighted by molar-refractivity contribution is -0.118. The highest BCUT2D eigenvalue weighted by Crippen LogP contribution is 2.39. The molecule has 3 rings (SSSR count). The average Bonchev–Trinajstić information content (AvgIpc) is 3.13. The summed E-state index contributed by atoms with van der Waals surface area (Å²) in [6.07, 6.45) is 2.45. The van der Waals surface area contributed by atoms with Gasteiger partial charge in [-0.3, -0.25) is 14.9 Å². The fourth-order valence-corrected chi connectivity index (χ4v) is 4.57. The van der Waals surface area contributed by atoms with Crippen LogP contribution in [0.4, 0.5) is 9.80 Å². The molecule has 10 heteroatoms. The first kappa shape index (κ1) is 19.5. The van der Waals surface area contributed by atoms with Crippen LogP contribution < -0.4 is 21.1 Å². The molecular weight excluding hydrogens is 413 g/mol. The number of halogens is 2. The molecule has 1 aliphatic rings. The minimum absolute atomic E-state index is 0.282. The van der Waals surface area contributed by atoms with Crippen LogP contribution in [0.5, 0.6) is 5.75 Å². The van der Waals surface area contributed by atoms with Gasteiger partial charge in [0.25, 0.3) is 11.8 Å². The summed E-state index contributed by atoms with van der Waals surface area (Å²) in [5, 5.41) is 5.83. The van der Waals surface area contributed by atoms with Crippen molar-refractivity contribution in [2.24, 2.45) is 5.73 Å². The second-order valence-electron chi connectivity index (χ2n) is 5.79. The number of nitrogens with two attached hydrogens (primary N) is 1. The summed E-state index contributed by atoms with van der Waals surface area (Å²) in [6.45, 7) is -0.305. The first-order valence-electron chi connectivity index (χ1n) is 7.98. The van der Waals surface area contributed by atoms with Crippen molar-refractivity contribution >= 4 is 57.4 Å². The van der Waals surface area contributed by atoms with Gasteiger partial charge in [-0.25, -0.2) is 4.79 Å². The average molecular weight is 428 g/mol. The molecule has 0 aliphatic heterocycles. The summed E-state index contributed by atoms with van der Waals surface area (Å²) in [4.78, 5) is 36.6. The molecule has 1 aromatic heterocycles. The van der Waals surface area contributed by atoms with Gasteiger partial charge >= 0.3 is 6.03 Å². The van der Waals surface area contributed by atoms with E-state index in [9.17, 15) is 14.4 Å². The monoisotopic (exact) mass is 427 g/mol. The number of imide groups is 1. The van der Waals surface area contributed by atoms with Gasteiger partial charge in [0.05, 0.1) is 10.6 Å². The van der Waals surface area contributed by atoms with Gasteiger partial charge in [-0.1, -0.05) is 23.2 Å².